The van der Waals surface area contributed by atoms with E-state index in [1.54, 1.807) is 6.07 Å². The minimum Gasteiger partial charge on any atom is -0.317 e. The molecule has 0 atom stereocenters. The molecular weight excluding hydrogens is 277 g/mol. The standard InChI is InChI=1S/C9H7BrFNO2.C2H6/c1-5(13)9(14)12-8-3-2-6(10)4-7(8)11;1-2/h2-4H,1H3,(H,12,14);1-2H3. The second kappa shape index (κ2) is 7.11. The molecule has 1 aromatic carbocycles. The number of anilines is 1. The number of hydrogen-bond donors (Lipinski definition) is 1. The van der Waals surface area contributed by atoms with E-state index in [1.807, 2.05) is 13.8 Å². The van der Waals surface area contributed by atoms with Crippen LogP contribution in [-0.4, -0.2) is 11.7 Å². The van der Waals surface area contributed by atoms with E-state index in [9.17, 15) is 14.0 Å². The van der Waals surface area contributed by atoms with Crippen LogP contribution in [0.25, 0.3) is 0 Å². The van der Waals surface area contributed by atoms with Gasteiger partial charge >= 0.3 is 0 Å². The maximum atomic E-state index is 13.1. The Morgan fingerprint density at radius 1 is 1.31 bits per heavy atom. The summed E-state index contributed by atoms with van der Waals surface area (Å²) in [6.07, 6.45) is 0. The number of Topliss-reactive ketones (excluding diaryl/α,β-unsaturated/α-hetero) is 1. The van der Waals surface area contributed by atoms with Crippen molar-refractivity contribution in [2.24, 2.45) is 0 Å². The van der Waals surface area contributed by atoms with Crippen LogP contribution in [0.1, 0.15) is 20.8 Å². The Kier molecular flexibility index (Phi) is 6.56. The molecule has 1 aromatic rings. The highest BCUT2D eigenvalue weighted by atomic mass is 79.9. The molecule has 1 amide bonds. The predicted octanol–water partition coefficient (Wildman–Crippen LogP) is 3.14. The largest absolute Gasteiger partial charge is 0.317 e. The van der Waals surface area contributed by atoms with E-state index in [0.717, 1.165) is 6.92 Å². The minimum atomic E-state index is -0.828. The van der Waals surface area contributed by atoms with Gasteiger partial charge in [0.2, 0.25) is 5.78 Å². The van der Waals surface area contributed by atoms with Gasteiger partial charge in [0.25, 0.3) is 5.91 Å². The fourth-order valence-electron chi connectivity index (χ4n) is 0.801. The van der Waals surface area contributed by atoms with Gasteiger partial charge in [-0.15, -0.1) is 0 Å². The lowest BCUT2D eigenvalue weighted by atomic mass is 10.3. The van der Waals surface area contributed by atoms with Crippen LogP contribution in [-0.2, 0) is 9.59 Å². The van der Waals surface area contributed by atoms with Crippen LogP contribution < -0.4 is 5.32 Å². The zero-order valence-electron chi connectivity index (χ0n) is 9.30. The average Bonchev–Trinajstić information content (AvgIpc) is 2.25. The number of carbonyl (C=O) groups is 2. The van der Waals surface area contributed by atoms with Gasteiger partial charge in [0, 0.05) is 11.4 Å². The molecular formula is C11H13BrFNO2. The first-order chi connectivity index (χ1) is 7.50. The molecule has 0 aliphatic rings. The van der Waals surface area contributed by atoms with Crippen LogP contribution in [0.3, 0.4) is 0 Å². The molecule has 0 unspecified atom stereocenters. The van der Waals surface area contributed by atoms with E-state index >= 15 is 0 Å². The van der Waals surface area contributed by atoms with Gasteiger partial charge in [-0.05, 0) is 18.2 Å². The van der Waals surface area contributed by atoms with Crippen LogP contribution in [0.5, 0.6) is 0 Å². The third kappa shape index (κ3) is 4.53. The molecule has 0 radical (unpaired) electrons. The smallest absolute Gasteiger partial charge is 0.291 e. The fraction of sp³-hybridized carbons (Fsp3) is 0.273. The number of halogens is 2. The van der Waals surface area contributed by atoms with E-state index in [-0.39, 0.29) is 5.69 Å². The van der Waals surface area contributed by atoms with E-state index in [2.05, 4.69) is 21.2 Å². The summed E-state index contributed by atoms with van der Waals surface area (Å²) < 4.78 is 13.7. The molecule has 0 aromatic heterocycles. The number of amides is 1. The SMILES string of the molecule is CC.CC(=O)C(=O)Nc1ccc(Br)cc1F. The van der Waals surface area contributed by atoms with Gasteiger partial charge in [0.05, 0.1) is 5.69 Å². The van der Waals surface area contributed by atoms with Gasteiger partial charge in [0.15, 0.2) is 0 Å². The molecule has 88 valence electrons. The van der Waals surface area contributed by atoms with Crippen LogP contribution in [0, 0.1) is 5.82 Å². The van der Waals surface area contributed by atoms with Crippen molar-refractivity contribution < 1.29 is 14.0 Å². The molecule has 0 spiro atoms. The molecule has 0 fully saturated rings. The monoisotopic (exact) mass is 289 g/mol. The van der Waals surface area contributed by atoms with Gasteiger partial charge in [-0.3, -0.25) is 9.59 Å². The summed E-state index contributed by atoms with van der Waals surface area (Å²) in [5.41, 5.74) is -0.00611. The third-order valence-electron chi connectivity index (χ3n) is 1.50. The second-order valence-corrected chi connectivity index (χ2v) is 3.55. The molecule has 0 bridgehead atoms. The summed E-state index contributed by atoms with van der Waals surface area (Å²) in [5, 5.41) is 2.15. The Labute approximate surface area is 102 Å². The molecule has 0 aliphatic carbocycles. The molecule has 0 aliphatic heterocycles. The highest BCUT2D eigenvalue weighted by Crippen LogP contribution is 2.19. The van der Waals surface area contributed by atoms with Crippen molar-refractivity contribution in [3.63, 3.8) is 0 Å². The van der Waals surface area contributed by atoms with Gasteiger partial charge < -0.3 is 5.32 Å². The van der Waals surface area contributed by atoms with E-state index < -0.39 is 17.5 Å². The van der Waals surface area contributed by atoms with Crippen LogP contribution in [0.4, 0.5) is 10.1 Å². The average molecular weight is 290 g/mol. The van der Waals surface area contributed by atoms with Crippen molar-refractivity contribution in [1.82, 2.24) is 0 Å². The normalized spacial score (nSPS) is 8.81. The Balaban J connectivity index is 0.00000106. The number of hydrogen-bond acceptors (Lipinski definition) is 2. The maximum absolute atomic E-state index is 13.1. The summed E-state index contributed by atoms with van der Waals surface area (Å²) in [6.45, 7) is 5.12. The summed E-state index contributed by atoms with van der Waals surface area (Å²) in [5.74, 6) is -2.08. The van der Waals surface area contributed by atoms with Gasteiger partial charge in [0.1, 0.15) is 5.82 Å². The number of carbonyl (C=O) groups excluding carboxylic acids is 2. The summed E-state index contributed by atoms with van der Waals surface area (Å²) in [4.78, 5) is 21.5. The summed E-state index contributed by atoms with van der Waals surface area (Å²) in [7, 11) is 0. The summed E-state index contributed by atoms with van der Waals surface area (Å²) in [6, 6.07) is 4.15. The van der Waals surface area contributed by atoms with Crippen molar-refractivity contribution in [2.75, 3.05) is 5.32 Å². The molecule has 16 heavy (non-hydrogen) atoms. The van der Waals surface area contributed by atoms with Crippen LogP contribution in [0.15, 0.2) is 22.7 Å². The van der Waals surface area contributed by atoms with Crippen molar-refractivity contribution in [3.05, 3.63) is 28.5 Å². The zero-order valence-corrected chi connectivity index (χ0v) is 10.9. The molecule has 1 rings (SSSR count). The Hall–Kier alpha value is -1.23. The number of benzene rings is 1. The topological polar surface area (TPSA) is 46.2 Å². The minimum absolute atomic E-state index is 0.00611. The highest BCUT2D eigenvalue weighted by molar-refractivity contribution is 9.10. The first-order valence-electron chi connectivity index (χ1n) is 4.77. The lowest BCUT2D eigenvalue weighted by Crippen LogP contribution is -2.20. The fourth-order valence-corrected chi connectivity index (χ4v) is 1.13. The van der Waals surface area contributed by atoms with E-state index in [0.29, 0.717) is 4.47 Å². The van der Waals surface area contributed by atoms with Crippen LogP contribution in [0.2, 0.25) is 0 Å². The van der Waals surface area contributed by atoms with Gasteiger partial charge in [-0.2, -0.15) is 0 Å². The van der Waals surface area contributed by atoms with E-state index in [1.165, 1.54) is 12.1 Å². The second-order valence-electron chi connectivity index (χ2n) is 2.63. The highest BCUT2D eigenvalue weighted by Gasteiger charge is 2.10. The van der Waals surface area contributed by atoms with Crippen molar-refractivity contribution >= 4 is 33.3 Å². The molecule has 3 nitrogen and oxygen atoms in total. The lowest BCUT2D eigenvalue weighted by Gasteiger charge is -2.03. The Bertz CT molecular complexity index is 394. The first-order valence-corrected chi connectivity index (χ1v) is 5.57. The molecule has 5 heteroatoms. The van der Waals surface area contributed by atoms with Crippen LogP contribution >= 0.6 is 15.9 Å². The first kappa shape index (κ1) is 14.8. The quantitative estimate of drug-likeness (QED) is 0.850. The van der Waals surface area contributed by atoms with E-state index in [4.69, 9.17) is 0 Å². The Morgan fingerprint density at radius 2 is 1.88 bits per heavy atom. The van der Waals surface area contributed by atoms with Gasteiger partial charge in [-0.25, -0.2) is 4.39 Å². The Morgan fingerprint density at radius 3 is 2.31 bits per heavy atom. The van der Waals surface area contributed by atoms with Crippen molar-refractivity contribution in [1.29, 1.82) is 0 Å². The predicted molar refractivity (Wildman–Crippen MR) is 64.8 cm³/mol. The molecule has 0 heterocycles. The van der Waals surface area contributed by atoms with Gasteiger partial charge in [-0.1, -0.05) is 29.8 Å². The molecule has 1 N–H and O–H groups in total. The molecule has 0 saturated heterocycles. The number of ketones is 1. The third-order valence-corrected chi connectivity index (χ3v) is 1.99. The number of nitrogens with one attached hydrogen (secondary N) is 1. The zero-order chi connectivity index (χ0) is 12.7. The van der Waals surface area contributed by atoms with Crippen molar-refractivity contribution in [2.45, 2.75) is 20.8 Å². The lowest BCUT2D eigenvalue weighted by molar-refractivity contribution is -0.133. The summed E-state index contributed by atoms with van der Waals surface area (Å²) >= 11 is 3.07. The van der Waals surface area contributed by atoms with Crippen molar-refractivity contribution in [3.8, 4) is 0 Å². The molecule has 0 saturated carbocycles. The maximum Gasteiger partial charge on any atom is 0.291 e. The number of rotatable bonds is 2.